The molecule has 0 spiro atoms. The number of hydrogen-bond acceptors (Lipinski definition) is 5. The summed E-state index contributed by atoms with van der Waals surface area (Å²) in [4.78, 5) is 25.8. The van der Waals surface area contributed by atoms with Crippen LogP contribution < -0.4 is 10.6 Å². The Bertz CT molecular complexity index is 1300. The Kier molecular flexibility index (Phi) is 6.20. The molecule has 0 saturated carbocycles. The molecule has 1 heterocycles. The fourth-order valence-corrected chi connectivity index (χ4v) is 3.48. The molecule has 0 saturated heterocycles. The van der Waals surface area contributed by atoms with Crippen LogP contribution in [-0.2, 0) is 4.79 Å². The minimum Gasteiger partial charge on any atom is -0.354 e. The number of nitro benzene ring substituents is 1. The third-order valence-electron chi connectivity index (χ3n) is 5.05. The van der Waals surface area contributed by atoms with E-state index in [4.69, 9.17) is 0 Å². The minimum absolute atomic E-state index is 0.0733. The maximum absolute atomic E-state index is 12.9. The molecule has 4 rings (SSSR count). The Morgan fingerprint density at radius 3 is 2.45 bits per heavy atom. The molecule has 3 aromatic rings. The van der Waals surface area contributed by atoms with Gasteiger partial charge in [0.2, 0.25) is 0 Å². The molecule has 0 radical (unpaired) electrons. The number of nitrogens with zero attached hydrogens (tertiary/aromatic N) is 2. The highest BCUT2D eigenvalue weighted by Gasteiger charge is 2.30. The van der Waals surface area contributed by atoms with Gasteiger partial charge in [-0.1, -0.05) is 42.2 Å². The lowest BCUT2D eigenvalue weighted by molar-refractivity contribution is -0.384. The van der Waals surface area contributed by atoms with E-state index in [1.165, 1.54) is 12.1 Å². The van der Waals surface area contributed by atoms with E-state index < -0.39 is 4.92 Å². The van der Waals surface area contributed by atoms with Crippen molar-refractivity contribution in [3.8, 4) is 11.8 Å². The van der Waals surface area contributed by atoms with Gasteiger partial charge in [0.25, 0.3) is 11.6 Å². The summed E-state index contributed by atoms with van der Waals surface area (Å²) in [7, 11) is 3.93. The quantitative estimate of drug-likeness (QED) is 0.266. The monoisotopic (exact) mass is 438 g/mol. The van der Waals surface area contributed by atoms with Gasteiger partial charge in [0.15, 0.2) is 0 Å². The molecule has 0 bridgehead atoms. The van der Waals surface area contributed by atoms with Crippen LogP contribution in [0, 0.1) is 22.0 Å². The second-order valence-corrected chi connectivity index (χ2v) is 7.80. The van der Waals surface area contributed by atoms with E-state index in [1.807, 2.05) is 73.6 Å². The summed E-state index contributed by atoms with van der Waals surface area (Å²) in [6, 6.07) is 21.4. The van der Waals surface area contributed by atoms with Crippen LogP contribution in [0.1, 0.15) is 16.7 Å². The first-order valence-corrected chi connectivity index (χ1v) is 10.3. The molecule has 1 aliphatic heterocycles. The normalized spacial score (nSPS) is 13.6. The molecular formula is C26H22N4O3. The number of carbonyl (C=O) groups excluding carboxylic acids is 1. The lowest BCUT2D eigenvalue weighted by Gasteiger charge is -2.15. The molecule has 7 heteroatoms. The zero-order valence-corrected chi connectivity index (χ0v) is 18.3. The Morgan fingerprint density at radius 2 is 1.79 bits per heavy atom. The molecule has 1 aliphatic rings. The summed E-state index contributed by atoms with van der Waals surface area (Å²) in [5, 5.41) is 17.5. The summed E-state index contributed by atoms with van der Waals surface area (Å²) in [6.45, 7) is 0.672. The van der Waals surface area contributed by atoms with E-state index in [1.54, 1.807) is 6.07 Å². The van der Waals surface area contributed by atoms with E-state index in [9.17, 15) is 14.9 Å². The van der Waals surface area contributed by atoms with Crippen molar-refractivity contribution in [2.45, 2.75) is 0 Å². The summed E-state index contributed by atoms with van der Waals surface area (Å²) < 4.78 is 0. The molecule has 164 valence electrons. The number of amides is 1. The molecule has 7 nitrogen and oxygen atoms in total. The van der Waals surface area contributed by atoms with Crippen molar-refractivity contribution < 1.29 is 9.72 Å². The van der Waals surface area contributed by atoms with Gasteiger partial charge in [-0.3, -0.25) is 19.8 Å². The first kappa shape index (κ1) is 21.8. The highest BCUT2D eigenvalue weighted by Crippen LogP contribution is 2.39. The van der Waals surface area contributed by atoms with Crippen LogP contribution in [0.4, 0.5) is 17.1 Å². The summed E-state index contributed by atoms with van der Waals surface area (Å²) in [5.41, 5.74) is 4.33. The number of nitro groups is 1. The zero-order chi connectivity index (χ0) is 23.4. The Labute approximate surface area is 191 Å². The second-order valence-electron chi connectivity index (χ2n) is 7.80. The van der Waals surface area contributed by atoms with Gasteiger partial charge in [0, 0.05) is 34.6 Å². The minimum atomic E-state index is -0.466. The van der Waals surface area contributed by atoms with Gasteiger partial charge in [-0.25, -0.2) is 0 Å². The van der Waals surface area contributed by atoms with Crippen molar-refractivity contribution in [2.75, 3.05) is 31.3 Å². The fourth-order valence-electron chi connectivity index (χ4n) is 3.48. The molecular weight excluding hydrogens is 416 g/mol. The average molecular weight is 438 g/mol. The maximum atomic E-state index is 12.9. The van der Waals surface area contributed by atoms with Gasteiger partial charge >= 0.3 is 0 Å². The maximum Gasteiger partial charge on any atom is 0.270 e. The zero-order valence-electron chi connectivity index (χ0n) is 18.3. The highest BCUT2D eigenvalue weighted by molar-refractivity contribution is 6.37. The molecule has 0 fully saturated rings. The van der Waals surface area contributed by atoms with Gasteiger partial charge < -0.3 is 10.6 Å². The third kappa shape index (κ3) is 4.92. The lowest BCUT2D eigenvalue weighted by atomic mass is 9.99. The highest BCUT2D eigenvalue weighted by atomic mass is 16.6. The van der Waals surface area contributed by atoms with Crippen LogP contribution in [0.25, 0.3) is 11.3 Å². The van der Waals surface area contributed by atoms with Crippen molar-refractivity contribution in [1.29, 1.82) is 0 Å². The van der Waals surface area contributed by atoms with Crippen molar-refractivity contribution in [3.05, 3.63) is 99.6 Å². The van der Waals surface area contributed by atoms with Gasteiger partial charge in [0.1, 0.15) is 0 Å². The molecule has 0 unspecified atom stereocenters. The van der Waals surface area contributed by atoms with E-state index in [0.29, 0.717) is 29.1 Å². The van der Waals surface area contributed by atoms with Crippen LogP contribution in [0.15, 0.2) is 72.8 Å². The standard InChI is InChI=1S/C26H22N4O3/c1-29(2)16-6-7-18-10-12-20(13-11-18)27-25(19-8-4-3-5-9-19)24-22-17-21(30(32)33)14-15-23(22)28-26(24)31/h3-5,8-15,17,27H,16H2,1-2H3,(H,28,31)/b25-24-. The van der Waals surface area contributed by atoms with Gasteiger partial charge in [-0.15, -0.1) is 0 Å². The van der Waals surface area contributed by atoms with Crippen LogP contribution in [0.3, 0.4) is 0 Å². The Balaban J connectivity index is 1.76. The first-order valence-electron chi connectivity index (χ1n) is 10.3. The van der Waals surface area contributed by atoms with Crippen LogP contribution >= 0.6 is 0 Å². The summed E-state index contributed by atoms with van der Waals surface area (Å²) >= 11 is 0. The molecule has 0 aliphatic carbocycles. The third-order valence-corrected chi connectivity index (χ3v) is 5.05. The SMILES string of the molecule is CN(C)CC#Cc1ccc(N/C(=C2\C(=O)Nc3ccc([N+](=O)[O-])cc32)c2ccccc2)cc1. The number of carbonyl (C=O) groups is 1. The van der Waals surface area contributed by atoms with Crippen molar-refractivity contribution >= 4 is 34.2 Å². The van der Waals surface area contributed by atoms with Crippen molar-refractivity contribution in [1.82, 2.24) is 4.90 Å². The molecule has 0 atom stereocenters. The van der Waals surface area contributed by atoms with Crippen LogP contribution in [0.2, 0.25) is 0 Å². The molecule has 2 N–H and O–H groups in total. The first-order chi connectivity index (χ1) is 15.9. The predicted molar refractivity (Wildman–Crippen MR) is 130 cm³/mol. The number of rotatable bonds is 5. The summed E-state index contributed by atoms with van der Waals surface area (Å²) in [6.07, 6.45) is 0. The second kappa shape index (κ2) is 9.39. The number of nitrogens with one attached hydrogen (secondary N) is 2. The van der Waals surface area contributed by atoms with Crippen molar-refractivity contribution in [2.24, 2.45) is 0 Å². The molecule has 1 amide bonds. The largest absolute Gasteiger partial charge is 0.354 e. The van der Waals surface area contributed by atoms with E-state index >= 15 is 0 Å². The molecule has 33 heavy (non-hydrogen) atoms. The van der Waals surface area contributed by atoms with Gasteiger partial charge in [-0.2, -0.15) is 0 Å². The summed E-state index contributed by atoms with van der Waals surface area (Å²) in [5.74, 6) is 5.91. The number of non-ortho nitro benzene ring substituents is 1. The molecule has 3 aromatic carbocycles. The topological polar surface area (TPSA) is 87.5 Å². The van der Waals surface area contributed by atoms with Crippen LogP contribution in [-0.4, -0.2) is 36.4 Å². The number of benzene rings is 3. The predicted octanol–water partition coefficient (Wildman–Crippen LogP) is 4.44. The van der Waals surface area contributed by atoms with Gasteiger partial charge in [0.05, 0.1) is 22.7 Å². The Hall–Kier alpha value is -4.41. The number of anilines is 2. The van der Waals surface area contributed by atoms with Crippen LogP contribution in [0.5, 0.6) is 0 Å². The number of hydrogen-bond donors (Lipinski definition) is 2. The van der Waals surface area contributed by atoms with E-state index in [2.05, 4.69) is 22.5 Å². The number of fused-ring (bicyclic) bond motifs is 1. The average Bonchev–Trinajstić information content (AvgIpc) is 3.13. The van der Waals surface area contributed by atoms with Gasteiger partial charge in [-0.05, 0) is 50.0 Å². The van der Waals surface area contributed by atoms with E-state index in [0.717, 1.165) is 16.8 Å². The lowest BCUT2D eigenvalue weighted by Crippen LogP contribution is -2.10. The fraction of sp³-hybridized carbons (Fsp3) is 0.115. The van der Waals surface area contributed by atoms with E-state index in [-0.39, 0.29) is 11.6 Å². The molecule has 0 aromatic heterocycles. The Morgan fingerprint density at radius 1 is 1.06 bits per heavy atom. The smallest absolute Gasteiger partial charge is 0.270 e. The van der Waals surface area contributed by atoms with Crippen molar-refractivity contribution in [3.63, 3.8) is 0 Å².